The maximum Gasteiger partial charge on any atom is 0.269 e. The van der Waals surface area contributed by atoms with E-state index in [1.807, 2.05) is 0 Å². The number of carbonyl (C=O) groups excluding carboxylic acids is 1. The van der Waals surface area contributed by atoms with E-state index in [4.69, 9.17) is 4.74 Å². The van der Waals surface area contributed by atoms with Crippen LogP contribution in [0.4, 0.5) is 0 Å². The average Bonchev–Trinajstić information content (AvgIpc) is 3.22. The van der Waals surface area contributed by atoms with Crippen LogP contribution in [0, 0.1) is 5.92 Å². The molecular weight excluding hydrogens is 400 g/mol. The molecule has 7 heteroatoms. The van der Waals surface area contributed by atoms with Gasteiger partial charge in [0.1, 0.15) is 10.6 Å². The molecule has 1 aliphatic carbocycles. The van der Waals surface area contributed by atoms with Crippen LogP contribution in [0.3, 0.4) is 0 Å². The fourth-order valence-electron chi connectivity index (χ4n) is 5.44. The summed E-state index contributed by atoms with van der Waals surface area (Å²) >= 11 is 0. The third-order valence-corrected chi connectivity index (χ3v) is 8.64. The molecule has 3 aliphatic rings. The van der Waals surface area contributed by atoms with Crippen molar-refractivity contribution in [2.75, 3.05) is 33.3 Å². The summed E-state index contributed by atoms with van der Waals surface area (Å²) in [7, 11) is -1.97. The number of ether oxygens (including phenoxy) is 1. The van der Waals surface area contributed by atoms with Crippen molar-refractivity contribution in [3.8, 4) is 5.75 Å². The van der Waals surface area contributed by atoms with Gasteiger partial charge in [0, 0.05) is 18.7 Å². The molecule has 1 unspecified atom stereocenters. The molecule has 0 saturated carbocycles. The lowest BCUT2D eigenvalue weighted by Crippen LogP contribution is -2.40. The minimum atomic E-state index is -3.71. The molecule has 0 spiro atoms. The fraction of sp³-hybridized carbons (Fsp3) is 0.435. The van der Waals surface area contributed by atoms with Crippen LogP contribution in [-0.4, -0.2) is 56.8 Å². The first kappa shape index (κ1) is 19.6. The molecule has 1 fully saturated rings. The van der Waals surface area contributed by atoms with E-state index < -0.39 is 15.9 Å². The van der Waals surface area contributed by atoms with Crippen LogP contribution in [0.1, 0.15) is 40.2 Å². The van der Waals surface area contributed by atoms with Crippen molar-refractivity contribution in [2.24, 2.45) is 5.92 Å². The molecule has 1 amide bonds. The van der Waals surface area contributed by atoms with Crippen molar-refractivity contribution < 1.29 is 17.9 Å². The lowest BCUT2D eigenvalue weighted by molar-refractivity contribution is 0.0862. The van der Waals surface area contributed by atoms with Crippen LogP contribution in [0.15, 0.2) is 47.4 Å². The Hall–Kier alpha value is -2.38. The van der Waals surface area contributed by atoms with Crippen molar-refractivity contribution in [3.63, 3.8) is 0 Å². The number of amides is 1. The molecule has 5 rings (SSSR count). The standard InChI is InChI=1S/C23H26N2O4S/c1-29-20-8-4-6-16-14-17-15-24(13-10-18(17)22(16)20)11-5-12-25-23(26)19-7-2-3-9-21(19)30(25,27)28/h2-4,6-9,17-18H,5,10-15H2,1H3/t17-,18?/m1/s1. The molecule has 0 radical (unpaired) electrons. The second-order valence-corrected chi connectivity index (χ2v) is 10.3. The molecule has 158 valence electrons. The number of rotatable bonds is 5. The van der Waals surface area contributed by atoms with Gasteiger partial charge in [-0.25, -0.2) is 12.7 Å². The minimum Gasteiger partial charge on any atom is -0.496 e. The molecule has 1 saturated heterocycles. The van der Waals surface area contributed by atoms with Crippen molar-refractivity contribution in [1.29, 1.82) is 0 Å². The van der Waals surface area contributed by atoms with Crippen LogP contribution < -0.4 is 4.74 Å². The summed E-state index contributed by atoms with van der Waals surface area (Å²) in [6.45, 7) is 3.02. The van der Waals surface area contributed by atoms with Crippen molar-refractivity contribution in [3.05, 3.63) is 59.2 Å². The predicted molar refractivity (Wildman–Crippen MR) is 113 cm³/mol. The van der Waals surface area contributed by atoms with Gasteiger partial charge in [-0.3, -0.25) is 4.79 Å². The van der Waals surface area contributed by atoms with Gasteiger partial charge in [0.05, 0.1) is 12.7 Å². The highest BCUT2D eigenvalue weighted by molar-refractivity contribution is 7.90. The van der Waals surface area contributed by atoms with E-state index >= 15 is 0 Å². The molecule has 2 aromatic carbocycles. The number of hydrogen-bond donors (Lipinski definition) is 0. The largest absolute Gasteiger partial charge is 0.496 e. The Kier molecular flexibility index (Phi) is 4.82. The smallest absolute Gasteiger partial charge is 0.269 e. The van der Waals surface area contributed by atoms with Gasteiger partial charge in [0.15, 0.2) is 0 Å². The number of benzene rings is 2. The number of piperidine rings is 1. The average molecular weight is 427 g/mol. The number of likely N-dealkylation sites (tertiary alicyclic amines) is 1. The van der Waals surface area contributed by atoms with Crippen LogP contribution in [-0.2, 0) is 16.4 Å². The zero-order valence-electron chi connectivity index (χ0n) is 17.1. The number of methoxy groups -OCH3 is 1. The van der Waals surface area contributed by atoms with Gasteiger partial charge in [-0.15, -0.1) is 0 Å². The van der Waals surface area contributed by atoms with Crippen LogP contribution >= 0.6 is 0 Å². The molecule has 2 aliphatic heterocycles. The number of hydrogen-bond acceptors (Lipinski definition) is 5. The number of sulfonamides is 1. The Bertz CT molecular complexity index is 1100. The Morgan fingerprint density at radius 2 is 1.93 bits per heavy atom. The summed E-state index contributed by atoms with van der Waals surface area (Å²) < 4.78 is 32.0. The second-order valence-electron chi connectivity index (χ2n) is 8.43. The Morgan fingerprint density at radius 1 is 1.10 bits per heavy atom. The van der Waals surface area contributed by atoms with E-state index in [1.54, 1.807) is 25.3 Å². The minimum absolute atomic E-state index is 0.133. The highest BCUT2D eigenvalue weighted by atomic mass is 32.2. The maximum atomic E-state index is 12.7. The maximum absolute atomic E-state index is 12.7. The monoisotopic (exact) mass is 426 g/mol. The first-order valence-electron chi connectivity index (χ1n) is 10.5. The van der Waals surface area contributed by atoms with Gasteiger partial charge >= 0.3 is 0 Å². The number of fused-ring (bicyclic) bond motifs is 4. The SMILES string of the molecule is COc1cccc2c1C1CCN(CCCN3C(=O)c4ccccc4S3(=O)=O)C[C@H]1C2. The first-order valence-corrected chi connectivity index (χ1v) is 12.0. The van der Waals surface area contributed by atoms with E-state index in [2.05, 4.69) is 23.1 Å². The summed E-state index contributed by atoms with van der Waals surface area (Å²) in [6, 6.07) is 12.8. The van der Waals surface area contributed by atoms with Crippen LogP contribution in [0.25, 0.3) is 0 Å². The summed E-state index contributed by atoms with van der Waals surface area (Å²) in [6.07, 6.45) is 2.80. The zero-order valence-corrected chi connectivity index (χ0v) is 17.9. The van der Waals surface area contributed by atoms with E-state index in [1.165, 1.54) is 17.2 Å². The van der Waals surface area contributed by atoms with Crippen molar-refractivity contribution >= 4 is 15.9 Å². The van der Waals surface area contributed by atoms with Gasteiger partial charge in [-0.1, -0.05) is 24.3 Å². The molecule has 2 atom stereocenters. The first-order chi connectivity index (χ1) is 14.5. The summed E-state index contributed by atoms with van der Waals surface area (Å²) in [5, 5.41) is 0. The van der Waals surface area contributed by atoms with E-state index in [0.29, 0.717) is 18.3 Å². The number of nitrogens with zero attached hydrogens (tertiary/aromatic N) is 2. The van der Waals surface area contributed by atoms with Gasteiger partial charge in [0.2, 0.25) is 0 Å². The van der Waals surface area contributed by atoms with Gasteiger partial charge in [0.25, 0.3) is 15.9 Å². The summed E-state index contributed by atoms with van der Waals surface area (Å²) in [5.74, 6) is 1.72. The third kappa shape index (κ3) is 3.03. The highest BCUT2D eigenvalue weighted by Crippen LogP contribution is 2.47. The Morgan fingerprint density at radius 3 is 2.73 bits per heavy atom. The van der Waals surface area contributed by atoms with E-state index in [9.17, 15) is 13.2 Å². The molecule has 2 heterocycles. The van der Waals surface area contributed by atoms with E-state index in [-0.39, 0.29) is 17.0 Å². The molecule has 6 nitrogen and oxygen atoms in total. The van der Waals surface area contributed by atoms with Crippen LogP contribution in [0.2, 0.25) is 0 Å². The zero-order chi connectivity index (χ0) is 20.9. The Balaban J connectivity index is 1.20. The molecule has 0 aromatic heterocycles. The van der Waals surface area contributed by atoms with Gasteiger partial charge in [-0.05, 0) is 68.0 Å². The van der Waals surface area contributed by atoms with E-state index in [0.717, 1.165) is 42.5 Å². The summed E-state index contributed by atoms with van der Waals surface area (Å²) in [5.41, 5.74) is 3.07. The van der Waals surface area contributed by atoms with Crippen LogP contribution in [0.5, 0.6) is 5.75 Å². The summed E-state index contributed by atoms with van der Waals surface area (Å²) in [4.78, 5) is 15.1. The molecule has 30 heavy (non-hydrogen) atoms. The quantitative estimate of drug-likeness (QED) is 0.736. The second kappa shape index (κ2) is 7.39. The van der Waals surface area contributed by atoms with Crippen molar-refractivity contribution in [1.82, 2.24) is 9.21 Å². The normalized spacial score (nSPS) is 24.4. The van der Waals surface area contributed by atoms with Crippen molar-refractivity contribution in [2.45, 2.75) is 30.1 Å². The molecule has 0 N–H and O–H groups in total. The third-order valence-electron chi connectivity index (χ3n) is 6.79. The van der Waals surface area contributed by atoms with Gasteiger partial charge in [-0.2, -0.15) is 0 Å². The fourth-order valence-corrected chi connectivity index (χ4v) is 7.04. The molecule has 2 aromatic rings. The lowest BCUT2D eigenvalue weighted by atomic mass is 9.85. The molecular formula is C23H26N2O4S. The predicted octanol–water partition coefficient (Wildman–Crippen LogP) is 2.89. The highest BCUT2D eigenvalue weighted by Gasteiger charge is 2.41. The number of carbonyl (C=O) groups is 1. The molecule has 0 bridgehead atoms. The Labute approximate surface area is 177 Å². The topological polar surface area (TPSA) is 66.9 Å². The lowest BCUT2D eigenvalue weighted by Gasteiger charge is -2.35. The van der Waals surface area contributed by atoms with Gasteiger partial charge < -0.3 is 9.64 Å².